The second-order valence-corrected chi connectivity index (χ2v) is 15.4. The molecule has 5 heterocycles. The number of fused-ring (bicyclic) bond motifs is 1. The van der Waals surface area contributed by atoms with Crippen LogP contribution >= 0.6 is 0 Å². The van der Waals surface area contributed by atoms with Crippen LogP contribution in [0.5, 0.6) is 0 Å². The Hall–Kier alpha value is -5.48. The van der Waals surface area contributed by atoms with Crippen LogP contribution in [0.1, 0.15) is 90.0 Å². The highest BCUT2D eigenvalue weighted by Gasteiger charge is 2.45. The summed E-state index contributed by atoms with van der Waals surface area (Å²) in [5, 5.41) is 19.8. The van der Waals surface area contributed by atoms with Gasteiger partial charge in [-0.25, -0.2) is 0 Å². The van der Waals surface area contributed by atoms with Crippen LogP contribution in [0.25, 0.3) is 0 Å². The van der Waals surface area contributed by atoms with E-state index in [2.05, 4.69) is 58.4 Å². The zero-order valence-corrected chi connectivity index (χ0v) is 30.7. The van der Waals surface area contributed by atoms with Crippen LogP contribution in [0.15, 0.2) is 42.5 Å². The minimum atomic E-state index is -0.970. The van der Waals surface area contributed by atoms with E-state index < -0.39 is 23.8 Å². The highest BCUT2D eigenvalue weighted by Crippen LogP contribution is 2.34. The number of imide groups is 2. The van der Waals surface area contributed by atoms with Crippen molar-refractivity contribution in [1.29, 1.82) is 0 Å². The summed E-state index contributed by atoms with van der Waals surface area (Å²) in [5.74, 6) is -0.00594. The summed E-state index contributed by atoms with van der Waals surface area (Å²) in [6.45, 7) is 4.76. The number of hydrogen-bond acceptors (Lipinski definition) is 13. The van der Waals surface area contributed by atoms with Gasteiger partial charge in [0, 0.05) is 49.5 Å². The SMILES string of the molecule is N[C@@H]1CCCC[C@@H]1Nc1nnc(NC=O)c(Nc2ccc(C3CCN(CC4CCN(c5ccc6c(c5)C(=O)N(C5CCC(=O)NC5=O)C6=O)C4)CC3)cc2)n1. The van der Waals surface area contributed by atoms with Crippen LogP contribution in [0.2, 0.25) is 0 Å². The van der Waals surface area contributed by atoms with Crippen molar-refractivity contribution in [2.75, 3.05) is 53.6 Å². The Morgan fingerprint density at radius 2 is 1.64 bits per heavy atom. The van der Waals surface area contributed by atoms with Crippen LogP contribution < -0.4 is 31.9 Å². The fourth-order valence-electron chi connectivity index (χ4n) is 8.79. The van der Waals surface area contributed by atoms with Crippen molar-refractivity contribution in [2.24, 2.45) is 11.7 Å². The lowest BCUT2D eigenvalue weighted by Crippen LogP contribution is -2.54. The van der Waals surface area contributed by atoms with Crippen LogP contribution in [0, 0.1) is 5.92 Å². The molecule has 1 aliphatic carbocycles. The standard InChI is InChI=1S/C39H47N11O5/c40-30-3-1-2-4-31(30)43-39-45-35(34(41-22-51)46-47-39)42-26-7-5-24(6-8-26)25-14-16-48(17-15-25)20-23-13-18-49(21-23)27-9-10-28-29(19-27)38(55)50(37(28)54)32-11-12-33(52)44-36(32)53/h5-10,19,22-23,25,30-32H,1-4,11-18,20-21,40H2,(H,41,46,51)(H,44,52,53)(H2,42,43,45,47)/t23?,30-,31+,32?/m1/s1. The monoisotopic (exact) mass is 749 g/mol. The molecule has 3 aromatic rings. The first-order chi connectivity index (χ1) is 26.7. The largest absolute Gasteiger partial charge is 0.371 e. The van der Waals surface area contributed by atoms with Crippen molar-refractivity contribution in [1.82, 2.24) is 30.3 Å². The zero-order chi connectivity index (χ0) is 38.1. The average molecular weight is 750 g/mol. The van der Waals surface area contributed by atoms with Gasteiger partial charge in [-0.15, -0.1) is 10.2 Å². The molecule has 16 heteroatoms. The van der Waals surface area contributed by atoms with Gasteiger partial charge < -0.3 is 31.5 Å². The lowest BCUT2D eigenvalue weighted by atomic mass is 9.89. The molecule has 4 atom stereocenters. The van der Waals surface area contributed by atoms with E-state index in [1.807, 2.05) is 18.2 Å². The van der Waals surface area contributed by atoms with Crippen LogP contribution in [0.4, 0.5) is 29.0 Å². The number of aromatic nitrogens is 3. The van der Waals surface area contributed by atoms with Gasteiger partial charge in [-0.3, -0.25) is 34.2 Å². The number of benzene rings is 2. The van der Waals surface area contributed by atoms with Crippen molar-refractivity contribution >= 4 is 59.0 Å². The number of likely N-dealkylation sites (tertiary alicyclic amines) is 1. The van der Waals surface area contributed by atoms with E-state index >= 15 is 0 Å². The van der Waals surface area contributed by atoms with Crippen LogP contribution in [0.3, 0.4) is 0 Å². The van der Waals surface area contributed by atoms with Crippen molar-refractivity contribution < 1.29 is 24.0 Å². The molecule has 55 heavy (non-hydrogen) atoms. The highest BCUT2D eigenvalue weighted by molar-refractivity contribution is 6.23. The van der Waals surface area contributed by atoms with Gasteiger partial charge in [-0.2, -0.15) is 4.98 Å². The molecule has 2 aromatic carbocycles. The first kappa shape index (κ1) is 36.5. The van der Waals surface area contributed by atoms with Gasteiger partial charge in [0.1, 0.15) is 6.04 Å². The quantitative estimate of drug-likeness (QED) is 0.141. The molecule has 2 unspecified atom stereocenters. The molecule has 6 N–H and O–H groups in total. The molecule has 8 rings (SSSR count). The topological polar surface area (TPSA) is 208 Å². The van der Waals surface area contributed by atoms with Gasteiger partial charge in [-0.05, 0) is 99.3 Å². The smallest absolute Gasteiger partial charge is 0.262 e. The van der Waals surface area contributed by atoms with Gasteiger partial charge in [0.25, 0.3) is 11.8 Å². The molecule has 0 bridgehead atoms. The number of carbonyl (C=O) groups is 5. The summed E-state index contributed by atoms with van der Waals surface area (Å²) < 4.78 is 0. The molecule has 288 valence electrons. The highest BCUT2D eigenvalue weighted by atomic mass is 16.2. The Morgan fingerprint density at radius 1 is 0.855 bits per heavy atom. The molecule has 0 radical (unpaired) electrons. The van der Waals surface area contributed by atoms with Crippen LogP contribution in [-0.2, 0) is 14.4 Å². The van der Waals surface area contributed by atoms with E-state index in [1.54, 1.807) is 12.1 Å². The van der Waals surface area contributed by atoms with Crippen molar-refractivity contribution in [3.05, 3.63) is 59.2 Å². The van der Waals surface area contributed by atoms with Gasteiger partial charge in [0.05, 0.1) is 11.1 Å². The molecule has 0 spiro atoms. The van der Waals surface area contributed by atoms with Gasteiger partial charge >= 0.3 is 0 Å². The summed E-state index contributed by atoms with van der Waals surface area (Å²) in [7, 11) is 0. The Bertz CT molecular complexity index is 1970. The first-order valence-electron chi connectivity index (χ1n) is 19.4. The molecular weight excluding hydrogens is 703 g/mol. The van der Waals surface area contributed by atoms with Gasteiger partial charge in [0.15, 0.2) is 11.6 Å². The third kappa shape index (κ3) is 7.73. The maximum atomic E-state index is 13.3. The molecule has 4 aliphatic heterocycles. The molecule has 5 aliphatic rings. The molecule has 16 nitrogen and oxygen atoms in total. The lowest BCUT2D eigenvalue weighted by molar-refractivity contribution is -0.136. The Kier molecular flexibility index (Phi) is 10.4. The normalized spacial score (nSPS) is 24.8. The number of carbonyl (C=O) groups excluding carboxylic acids is 5. The zero-order valence-electron chi connectivity index (χ0n) is 30.7. The predicted octanol–water partition coefficient (Wildman–Crippen LogP) is 2.97. The Labute approximate surface area is 319 Å². The summed E-state index contributed by atoms with van der Waals surface area (Å²) in [6, 6.07) is 12.9. The molecule has 5 amide bonds. The molecule has 1 aromatic heterocycles. The average Bonchev–Trinajstić information content (AvgIpc) is 3.75. The maximum absolute atomic E-state index is 13.3. The third-order valence-electron chi connectivity index (χ3n) is 11.8. The van der Waals surface area contributed by atoms with E-state index in [1.165, 1.54) is 5.56 Å². The van der Waals surface area contributed by atoms with E-state index in [0.29, 0.717) is 41.1 Å². The maximum Gasteiger partial charge on any atom is 0.262 e. The fraction of sp³-hybridized carbons (Fsp3) is 0.487. The first-order valence-corrected chi connectivity index (χ1v) is 19.4. The Balaban J connectivity index is 0.827. The molecule has 4 fully saturated rings. The summed E-state index contributed by atoms with van der Waals surface area (Å²) in [5.41, 5.74) is 9.94. The minimum Gasteiger partial charge on any atom is -0.371 e. The number of amides is 5. The Morgan fingerprint density at radius 3 is 2.40 bits per heavy atom. The number of nitrogens with two attached hydrogens (primary N) is 1. The van der Waals surface area contributed by atoms with Crippen LogP contribution in [-0.4, -0.2) is 106 Å². The number of piperidine rings is 2. The van der Waals surface area contributed by atoms with E-state index in [-0.39, 0.29) is 36.7 Å². The summed E-state index contributed by atoms with van der Waals surface area (Å²) in [4.78, 5) is 72.2. The summed E-state index contributed by atoms with van der Waals surface area (Å²) in [6.07, 6.45) is 8.08. The van der Waals surface area contributed by atoms with Crippen molar-refractivity contribution in [3.63, 3.8) is 0 Å². The summed E-state index contributed by atoms with van der Waals surface area (Å²) >= 11 is 0. The predicted molar refractivity (Wildman–Crippen MR) is 205 cm³/mol. The molecule has 3 saturated heterocycles. The number of rotatable bonds is 11. The van der Waals surface area contributed by atoms with E-state index in [9.17, 15) is 24.0 Å². The number of hydrogen-bond donors (Lipinski definition) is 5. The minimum absolute atomic E-state index is 0.0307. The van der Waals surface area contributed by atoms with Crippen molar-refractivity contribution in [2.45, 2.75) is 81.8 Å². The third-order valence-corrected chi connectivity index (χ3v) is 11.8. The van der Waals surface area contributed by atoms with E-state index in [4.69, 9.17) is 5.73 Å². The van der Waals surface area contributed by atoms with Gasteiger partial charge in [-0.1, -0.05) is 25.0 Å². The van der Waals surface area contributed by atoms with Gasteiger partial charge in [0.2, 0.25) is 24.2 Å². The van der Waals surface area contributed by atoms with E-state index in [0.717, 1.165) is 93.9 Å². The number of nitrogens with one attached hydrogen (secondary N) is 4. The molecular formula is C39H47N11O5. The number of nitrogens with zero attached hydrogens (tertiary/aromatic N) is 6. The van der Waals surface area contributed by atoms with Crippen molar-refractivity contribution in [3.8, 4) is 0 Å². The second-order valence-electron chi connectivity index (χ2n) is 15.4. The lowest BCUT2D eigenvalue weighted by Gasteiger charge is -2.34. The fourth-order valence-corrected chi connectivity index (χ4v) is 8.79. The second kappa shape index (κ2) is 15.7. The molecule has 1 saturated carbocycles. The number of anilines is 5.